The number of methoxy groups -OCH3 is 1. The fraction of sp³-hybridized carbons (Fsp3) is 0.129. The van der Waals surface area contributed by atoms with Gasteiger partial charge in [-0.1, -0.05) is 42.5 Å². The first-order valence-electron chi connectivity index (χ1n) is 12.3. The summed E-state index contributed by atoms with van der Waals surface area (Å²) in [6.07, 6.45) is 0. The summed E-state index contributed by atoms with van der Waals surface area (Å²) in [5.74, 6) is -1.16. The Labute approximate surface area is 230 Å². The van der Waals surface area contributed by atoms with E-state index in [1.165, 1.54) is 50.4 Å². The Kier molecular flexibility index (Phi) is 9.09. The number of rotatable bonds is 10. The first-order chi connectivity index (χ1) is 19.3. The van der Waals surface area contributed by atoms with Gasteiger partial charge in [-0.2, -0.15) is 0 Å². The molecular weight excluding hydrogens is 515 g/mol. The van der Waals surface area contributed by atoms with Crippen LogP contribution >= 0.6 is 0 Å². The zero-order valence-corrected chi connectivity index (χ0v) is 21.9. The first-order valence-corrected chi connectivity index (χ1v) is 12.3. The number of halogens is 1. The Balaban J connectivity index is 1.57. The van der Waals surface area contributed by atoms with Gasteiger partial charge in [0.1, 0.15) is 30.5 Å². The van der Waals surface area contributed by atoms with Crippen LogP contribution in [0, 0.1) is 5.82 Å². The molecule has 40 heavy (non-hydrogen) atoms. The molecule has 0 saturated carbocycles. The van der Waals surface area contributed by atoms with Crippen molar-refractivity contribution in [1.29, 1.82) is 0 Å². The van der Waals surface area contributed by atoms with E-state index in [2.05, 4.69) is 10.6 Å². The van der Waals surface area contributed by atoms with Crippen LogP contribution in [0.1, 0.15) is 38.8 Å². The molecule has 204 valence electrons. The van der Waals surface area contributed by atoms with Crippen molar-refractivity contribution >= 4 is 29.2 Å². The lowest BCUT2D eigenvalue weighted by Crippen LogP contribution is -2.15. The molecule has 2 N–H and O–H groups in total. The van der Waals surface area contributed by atoms with Crippen LogP contribution in [0.4, 0.5) is 15.8 Å². The molecule has 0 aromatic heterocycles. The Morgan fingerprint density at radius 3 is 1.85 bits per heavy atom. The Hall–Kier alpha value is -5.18. The van der Waals surface area contributed by atoms with E-state index < -0.39 is 11.9 Å². The molecule has 4 aromatic carbocycles. The third-order valence-corrected chi connectivity index (χ3v) is 5.75. The van der Waals surface area contributed by atoms with Gasteiger partial charge in [-0.25, -0.2) is 9.18 Å². The number of anilines is 2. The lowest BCUT2D eigenvalue weighted by Gasteiger charge is -2.16. The molecule has 4 aromatic rings. The van der Waals surface area contributed by atoms with Crippen LogP contribution in [0.15, 0.2) is 91.0 Å². The van der Waals surface area contributed by atoms with Crippen molar-refractivity contribution in [2.75, 3.05) is 17.7 Å². The summed E-state index contributed by atoms with van der Waals surface area (Å²) in [6.45, 7) is 1.68. The van der Waals surface area contributed by atoms with E-state index in [4.69, 9.17) is 14.2 Å². The smallest absolute Gasteiger partial charge is 0.337 e. The zero-order valence-electron chi connectivity index (χ0n) is 21.9. The van der Waals surface area contributed by atoms with Gasteiger partial charge in [-0.15, -0.1) is 0 Å². The van der Waals surface area contributed by atoms with E-state index in [1.807, 2.05) is 30.3 Å². The summed E-state index contributed by atoms with van der Waals surface area (Å²) >= 11 is 0. The molecule has 0 radical (unpaired) electrons. The summed E-state index contributed by atoms with van der Waals surface area (Å²) in [6, 6.07) is 24.4. The standard InChI is InChI=1S/C31H27FN2O6/c1-20(35)33-26-14-10-23(16-28(26)39-18-21-6-4-3-5-7-21)30(36)34-27-15-11-24(31(37)38-2)17-29(27)40-19-22-8-12-25(32)13-9-22/h3-17H,18-19H2,1-2H3,(H,33,35)(H,34,36). The molecule has 0 bridgehead atoms. The fourth-order valence-electron chi connectivity index (χ4n) is 3.74. The van der Waals surface area contributed by atoms with Gasteiger partial charge in [0.25, 0.3) is 5.91 Å². The quantitative estimate of drug-likeness (QED) is 0.239. The molecule has 8 nitrogen and oxygen atoms in total. The second kappa shape index (κ2) is 13.1. The third kappa shape index (κ3) is 7.44. The zero-order chi connectivity index (χ0) is 28.5. The molecule has 0 saturated heterocycles. The minimum absolute atomic E-state index is 0.0661. The molecule has 0 aliphatic heterocycles. The number of amides is 2. The maximum Gasteiger partial charge on any atom is 0.337 e. The minimum Gasteiger partial charge on any atom is -0.487 e. The number of hydrogen-bond donors (Lipinski definition) is 2. The second-order valence-corrected chi connectivity index (χ2v) is 8.74. The predicted octanol–water partition coefficient (Wildman–Crippen LogP) is 5.98. The number of carbonyl (C=O) groups is 3. The summed E-state index contributed by atoms with van der Waals surface area (Å²) in [4.78, 5) is 37.1. The van der Waals surface area contributed by atoms with Crippen molar-refractivity contribution in [2.24, 2.45) is 0 Å². The molecule has 0 unspecified atom stereocenters. The number of carbonyl (C=O) groups excluding carboxylic acids is 3. The normalized spacial score (nSPS) is 10.4. The monoisotopic (exact) mass is 542 g/mol. The maximum atomic E-state index is 13.3. The van der Waals surface area contributed by atoms with Crippen molar-refractivity contribution in [1.82, 2.24) is 0 Å². The fourth-order valence-corrected chi connectivity index (χ4v) is 3.74. The molecule has 0 fully saturated rings. The number of ether oxygens (including phenoxy) is 3. The first kappa shape index (κ1) is 27.8. The third-order valence-electron chi connectivity index (χ3n) is 5.75. The van der Waals surface area contributed by atoms with Crippen LogP contribution in [0.5, 0.6) is 11.5 Å². The van der Waals surface area contributed by atoms with Crippen LogP contribution in [0.2, 0.25) is 0 Å². The van der Waals surface area contributed by atoms with Crippen LogP contribution < -0.4 is 20.1 Å². The molecular formula is C31H27FN2O6. The average molecular weight is 543 g/mol. The maximum absolute atomic E-state index is 13.3. The van der Waals surface area contributed by atoms with E-state index in [0.717, 1.165) is 5.56 Å². The van der Waals surface area contributed by atoms with Crippen molar-refractivity contribution in [2.45, 2.75) is 20.1 Å². The van der Waals surface area contributed by atoms with E-state index in [9.17, 15) is 18.8 Å². The number of nitrogens with one attached hydrogen (secondary N) is 2. The molecule has 0 aliphatic rings. The largest absolute Gasteiger partial charge is 0.487 e. The Morgan fingerprint density at radius 1 is 0.700 bits per heavy atom. The summed E-state index contributed by atoms with van der Waals surface area (Å²) in [5, 5.41) is 5.51. The van der Waals surface area contributed by atoms with Crippen molar-refractivity contribution in [3.8, 4) is 11.5 Å². The number of esters is 1. The Bertz CT molecular complexity index is 1510. The second-order valence-electron chi connectivity index (χ2n) is 8.74. The van der Waals surface area contributed by atoms with Gasteiger partial charge >= 0.3 is 5.97 Å². The van der Waals surface area contributed by atoms with Gasteiger partial charge in [-0.3, -0.25) is 9.59 Å². The summed E-state index contributed by atoms with van der Waals surface area (Å²) < 4.78 is 29.9. The number of benzene rings is 4. The predicted molar refractivity (Wildman–Crippen MR) is 148 cm³/mol. The van der Waals surface area contributed by atoms with Crippen molar-refractivity contribution < 1.29 is 33.0 Å². The Morgan fingerprint density at radius 2 is 1.25 bits per heavy atom. The highest BCUT2D eigenvalue weighted by atomic mass is 19.1. The average Bonchev–Trinajstić information content (AvgIpc) is 2.96. The molecule has 0 heterocycles. The molecule has 0 spiro atoms. The van der Waals surface area contributed by atoms with Gasteiger partial charge < -0.3 is 24.8 Å². The van der Waals surface area contributed by atoms with Crippen LogP contribution in [0.3, 0.4) is 0 Å². The van der Waals surface area contributed by atoms with Gasteiger partial charge in [-0.05, 0) is 59.7 Å². The molecule has 2 amide bonds. The van der Waals surface area contributed by atoms with E-state index in [-0.39, 0.29) is 41.8 Å². The van der Waals surface area contributed by atoms with Crippen molar-refractivity contribution in [3.63, 3.8) is 0 Å². The summed E-state index contributed by atoms with van der Waals surface area (Å²) in [5.41, 5.74) is 2.82. The van der Waals surface area contributed by atoms with Crippen LogP contribution in [0.25, 0.3) is 0 Å². The van der Waals surface area contributed by atoms with E-state index in [1.54, 1.807) is 24.3 Å². The minimum atomic E-state index is -0.571. The number of hydrogen-bond acceptors (Lipinski definition) is 6. The highest BCUT2D eigenvalue weighted by molar-refractivity contribution is 6.06. The molecule has 0 aliphatic carbocycles. The summed E-state index contributed by atoms with van der Waals surface area (Å²) in [7, 11) is 1.26. The highest BCUT2D eigenvalue weighted by Crippen LogP contribution is 2.30. The lowest BCUT2D eigenvalue weighted by molar-refractivity contribution is -0.114. The van der Waals surface area contributed by atoms with Gasteiger partial charge in [0, 0.05) is 12.5 Å². The molecule has 9 heteroatoms. The van der Waals surface area contributed by atoms with E-state index >= 15 is 0 Å². The van der Waals surface area contributed by atoms with Crippen LogP contribution in [-0.2, 0) is 22.7 Å². The SMILES string of the molecule is COC(=O)c1ccc(NC(=O)c2ccc(NC(C)=O)c(OCc3ccccc3)c2)c(OCc2ccc(F)cc2)c1. The molecule has 0 atom stereocenters. The topological polar surface area (TPSA) is 103 Å². The van der Waals surface area contributed by atoms with E-state index in [0.29, 0.717) is 22.7 Å². The van der Waals surface area contributed by atoms with Gasteiger partial charge in [0.2, 0.25) is 5.91 Å². The van der Waals surface area contributed by atoms with Crippen LogP contribution in [-0.4, -0.2) is 24.9 Å². The molecule has 4 rings (SSSR count). The highest BCUT2D eigenvalue weighted by Gasteiger charge is 2.17. The van der Waals surface area contributed by atoms with Gasteiger partial charge in [0.05, 0.1) is 24.0 Å². The van der Waals surface area contributed by atoms with Gasteiger partial charge in [0.15, 0.2) is 0 Å². The lowest BCUT2D eigenvalue weighted by atomic mass is 10.1. The van der Waals surface area contributed by atoms with Crippen molar-refractivity contribution in [3.05, 3.63) is 119 Å².